The Bertz CT molecular complexity index is 1100. The molecular formula is C23H26N4O3. The lowest BCUT2D eigenvalue weighted by molar-refractivity contribution is -0.127. The van der Waals surface area contributed by atoms with Gasteiger partial charge in [-0.3, -0.25) is 9.59 Å². The first-order valence-electron chi connectivity index (χ1n) is 10.2. The van der Waals surface area contributed by atoms with Crippen molar-refractivity contribution in [3.05, 3.63) is 52.8 Å². The maximum absolute atomic E-state index is 13.2. The molecule has 0 bridgehead atoms. The number of nitrogens with one attached hydrogen (secondary N) is 1. The van der Waals surface area contributed by atoms with Crippen LogP contribution in [0, 0.1) is 0 Å². The molecule has 1 saturated carbocycles. The van der Waals surface area contributed by atoms with Gasteiger partial charge in [-0.1, -0.05) is 31.1 Å². The zero-order chi connectivity index (χ0) is 21.4. The molecule has 1 N–H and O–H groups in total. The largest absolute Gasteiger partial charge is 0.349 e. The summed E-state index contributed by atoms with van der Waals surface area (Å²) in [5.41, 5.74) is 4.15. The summed E-state index contributed by atoms with van der Waals surface area (Å²) in [5.74, 6) is 0.320. The Morgan fingerprint density at radius 1 is 1.20 bits per heavy atom. The Labute approximate surface area is 175 Å². The van der Waals surface area contributed by atoms with E-state index in [0.29, 0.717) is 34.7 Å². The smallest absolute Gasteiger partial charge is 0.259 e. The fourth-order valence-corrected chi connectivity index (χ4v) is 3.39. The predicted molar refractivity (Wildman–Crippen MR) is 115 cm³/mol. The lowest BCUT2D eigenvalue weighted by Gasteiger charge is -2.11. The number of amides is 2. The van der Waals surface area contributed by atoms with E-state index in [1.54, 1.807) is 19.0 Å². The third-order valence-corrected chi connectivity index (χ3v) is 5.35. The minimum absolute atomic E-state index is 0.0345. The summed E-state index contributed by atoms with van der Waals surface area (Å²) in [5, 5.41) is 7.81. The van der Waals surface area contributed by atoms with Crippen LogP contribution in [0.15, 0.2) is 34.9 Å². The molecule has 4 rings (SSSR count). The second-order valence-corrected chi connectivity index (χ2v) is 8.39. The van der Waals surface area contributed by atoms with Gasteiger partial charge in [0.25, 0.3) is 11.6 Å². The topological polar surface area (TPSA) is 88.3 Å². The Morgan fingerprint density at radius 2 is 1.90 bits per heavy atom. The highest BCUT2D eigenvalue weighted by Crippen LogP contribution is 2.41. The first-order chi connectivity index (χ1) is 14.3. The third-order valence-electron chi connectivity index (χ3n) is 5.35. The zero-order valence-electron chi connectivity index (χ0n) is 17.7. The number of anilines is 1. The molecule has 156 valence electrons. The van der Waals surface area contributed by atoms with Crippen molar-refractivity contribution in [2.75, 3.05) is 19.4 Å². The summed E-state index contributed by atoms with van der Waals surface area (Å²) < 4.78 is 5.46. The van der Waals surface area contributed by atoms with Crippen molar-refractivity contribution in [3.8, 4) is 0 Å². The summed E-state index contributed by atoms with van der Waals surface area (Å²) in [4.78, 5) is 31.2. The number of likely N-dealkylation sites (N-methyl/N-ethyl adjacent to an activating group) is 1. The number of hydrogen-bond donors (Lipinski definition) is 1. The van der Waals surface area contributed by atoms with Gasteiger partial charge in [0.15, 0.2) is 0 Å². The lowest BCUT2D eigenvalue weighted by Crippen LogP contribution is -2.23. The van der Waals surface area contributed by atoms with Gasteiger partial charge < -0.3 is 14.7 Å². The summed E-state index contributed by atoms with van der Waals surface area (Å²) >= 11 is 0. The molecule has 0 saturated heterocycles. The van der Waals surface area contributed by atoms with Crippen molar-refractivity contribution in [3.63, 3.8) is 0 Å². The molecule has 0 atom stereocenters. The standard InChI is InChI=1S/C23H26N4O3/c1-13(2)21-20-17(12-18(15-7-8-15)25-23(20)30-26-21)22(29)24-16-9-5-14(6-10-16)11-19(28)27(3)4/h5-6,9-10,12-13,15H,7-8,11H2,1-4H3,(H,24,29). The quantitative estimate of drug-likeness (QED) is 0.666. The molecule has 1 fully saturated rings. The molecular weight excluding hydrogens is 380 g/mol. The van der Waals surface area contributed by atoms with E-state index in [4.69, 9.17) is 4.52 Å². The van der Waals surface area contributed by atoms with Gasteiger partial charge in [0.2, 0.25) is 5.91 Å². The Kier molecular flexibility index (Phi) is 5.28. The van der Waals surface area contributed by atoms with E-state index in [-0.39, 0.29) is 17.7 Å². The average molecular weight is 406 g/mol. The normalized spacial score (nSPS) is 13.6. The Morgan fingerprint density at radius 3 is 2.50 bits per heavy atom. The lowest BCUT2D eigenvalue weighted by atomic mass is 10.0. The van der Waals surface area contributed by atoms with Crippen molar-refractivity contribution in [2.24, 2.45) is 0 Å². The minimum atomic E-state index is -0.216. The monoisotopic (exact) mass is 406 g/mol. The van der Waals surface area contributed by atoms with Crippen LogP contribution in [0.25, 0.3) is 11.1 Å². The van der Waals surface area contributed by atoms with Crippen molar-refractivity contribution >= 4 is 28.6 Å². The van der Waals surface area contributed by atoms with E-state index in [0.717, 1.165) is 29.8 Å². The Balaban J connectivity index is 1.61. The highest BCUT2D eigenvalue weighted by molar-refractivity contribution is 6.12. The first kappa shape index (κ1) is 20.1. The van der Waals surface area contributed by atoms with E-state index < -0.39 is 0 Å². The van der Waals surface area contributed by atoms with Crippen LogP contribution in [-0.2, 0) is 11.2 Å². The van der Waals surface area contributed by atoms with Gasteiger partial charge in [-0.05, 0) is 42.5 Å². The van der Waals surface area contributed by atoms with Gasteiger partial charge in [-0.2, -0.15) is 0 Å². The molecule has 0 radical (unpaired) electrons. The van der Waals surface area contributed by atoms with Gasteiger partial charge in [-0.15, -0.1) is 0 Å². The van der Waals surface area contributed by atoms with Crippen LogP contribution >= 0.6 is 0 Å². The highest BCUT2D eigenvalue weighted by atomic mass is 16.5. The molecule has 1 aliphatic rings. The molecule has 1 aromatic carbocycles. The van der Waals surface area contributed by atoms with Crippen LogP contribution in [0.4, 0.5) is 5.69 Å². The SMILES string of the molecule is CC(C)c1noc2nc(C3CC3)cc(C(=O)Nc3ccc(CC(=O)N(C)C)cc3)c12. The summed E-state index contributed by atoms with van der Waals surface area (Å²) in [6, 6.07) is 9.21. The highest BCUT2D eigenvalue weighted by Gasteiger charge is 2.29. The van der Waals surface area contributed by atoms with Crippen LogP contribution in [0.5, 0.6) is 0 Å². The van der Waals surface area contributed by atoms with E-state index in [1.165, 1.54) is 0 Å². The van der Waals surface area contributed by atoms with Crippen molar-refractivity contribution < 1.29 is 14.1 Å². The molecule has 2 amide bonds. The van der Waals surface area contributed by atoms with E-state index in [2.05, 4.69) is 15.5 Å². The second-order valence-electron chi connectivity index (χ2n) is 8.39. The van der Waals surface area contributed by atoms with Gasteiger partial charge in [0, 0.05) is 31.4 Å². The molecule has 1 aliphatic carbocycles. The summed E-state index contributed by atoms with van der Waals surface area (Å²) in [6.07, 6.45) is 2.49. The minimum Gasteiger partial charge on any atom is -0.349 e. The summed E-state index contributed by atoms with van der Waals surface area (Å²) in [7, 11) is 3.47. The number of hydrogen-bond acceptors (Lipinski definition) is 5. The average Bonchev–Trinajstić information content (AvgIpc) is 3.47. The number of aromatic nitrogens is 2. The molecule has 3 aromatic rings. The summed E-state index contributed by atoms with van der Waals surface area (Å²) in [6.45, 7) is 4.03. The number of rotatable bonds is 6. The van der Waals surface area contributed by atoms with Crippen molar-refractivity contribution in [1.29, 1.82) is 0 Å². The molecule has 0 unspecified atom stereocenters. The van der Waals surface area contributed by atoms with Crippen LogP contribution < -0.4 is 5.32 Å². The van der Waals surface area contributed by atoms with Crippen LogP contribution in [0.3, 0.4) is 0 Å². The number of carbonyl (C=O) groups is 2. The van der Waals surface area contributed by atoms with E-state index >= 15 is 0 Å². The predicted octanol–water partition coefficient (Wildman–Crippen LogP) is 4.11. The number of benzene rings is 1. The maximum atomic E-state index is 13.2. The van der Waals surface area contributed by atoms with E-state index in [1.807, 2.05) is 44.2 Å². The van der Waals surface area contributed by atoms with Crippen LogP contribution in [0.2, 0.25) is 0 Å². The molecule has 7 heteroatoms. The molecule has 7 nitrogen and oxygen atoms in total. The third kappa shape index (κ3) is 4.06. The van der Waals surface area contributed by atoms with Gasteiger partial charge >= 0.3 is 0 Å². The van der Waals surface area contributed by atoms with Gasteiger partial charge in [-0.25, -0.2) is 4.98 Å². The van der Waals surface area contributed by atoms with E-state index in [9.17, 15) is 9.59 Å². The Hall–Kier alpha value is -3.22. The van der Waals surface area contributed by atoms with Gasteiger partial charge in [0.1, 0.15) is 0 Å². The molecule has 2 aromatic heterocycles. The van der Waals surface area contributed by atoms with Crippen LogP contribution in [-0.4, -0.2) is 41.0 Å². The molecule has 30 heavy (non-hydrogen) atoms. The fourth-order valence-electron chi connectivity index (χ4n) is 3.39. The van der Waals surface area contributed by atoms with Crippen LogP contribution in [0.1, 0.15) is 65.8 Å². The number of nitrogens with zero attached hydrogens (tertiary/aromatic N) is 3. The number of pyridine rings is 1. The zero-order valence-corrected chi connectivity index (χ0v) is 17.7. The number of fused-ring (bicyclic) bond motifs is 1. The number of carbonyl (C=O) groups excluding carboxylic acids is 2. The molecule has 0 aliphatic heterocycles. The molecule has 2 heterocycles. The first-order valence-corrected chi connectivity index (χ1v) is 10.2. The molecule has 0 spiro atoms. The van der Waals surface area contributed by atoms with Crippen molar-refractivity contribution in [2.45, 2.75) is 44.9 Å². The second kappa shape index (κ2) is 7.89. The van der Waals surface area contributed by atoms with Gasteiger partial charge in [0.05, 0.1) is 23.1 Å². The van der Waals surface area contributed by atoms with Crippen molar-refractivity contribution in [1.82, 2.24) is 15.0 Å². The fraction of sp³-hybridized carbons (Fsp3) is 0.391. The maximum Gasteiger partial charge on any atom is 0.259 e.